The number of aromatic hydroxyl groups is 3. The van der Waals surface area contributed by atoms with E-state index >= 15 is 0 Å². The first kappa shape index (κ1) is 13.1. The number of phenols is 3. The van der Waals surface area contributed by atoms with E-state index in [1.807, 2.05) is 0 Å². The number of Topliss-reactive ketones (excluding diaryl/α,β-unsaturated/α-hetero) is 1. The lowest BCUT2D eigenvalue weighted by atomic mass is 9.86. The van der Waals surface area contributed by atoms with Crippen molar-refractivity contribution in [3.8, 4) is 17.2 Å². The second kappa shape index (κ2) is 4.05. The van der Waals surface area contributed by atoms with Gasteiger partial charge in [0, 0.05) is 16.8 Å². The number of methoxy groups -OCH3 is 1. The summed E-state index contributed by atoms with van der Waals surface area (Å²) in [6.07, 6.45) is 0. The number of rotatable bonds is 1. The predicted molar refractivity (Wildman–Crippen MR) is 74.6 cm³/mol. The maximum Gasteiger partial charge on any atom is 0.235 e. The van der Waals surface area contributed by atoms with Crippen molar-refractivity contribution in [2.75, 3.05) is 7.11 Å². The number of carbonyl (C=O) groups excluding carboxylic acids is 1. The van der Waals surface area contributed by atoms with Crippen molar-refractivity contribution in [1.29, 1.82) is 0 Å². The third-order valence-electron chi connectivity index (χ3n) is 3.63. The molecule has 0 fully saturated rings. The van der Waals surface area contributed by atoms with Crippen LogP contribution in [0.5, 0.6) is 17.2 Å². The SMILES string of the molecule is COC1=C(O)c2c(O)cc(C)c3c(O)cc(O)c(c23)C1=O. The van der Waals surface area contributed by atoms with Crippen molar-refractivity contribution in [3.63, 3.8) is 0 Å². The van der Waals surface area contributed by atoms with E-state index < -0.39 is 17.3 Å². The number of aryl methyl sites for hydroxylation is 1. The number of carbonyl (C=O) groups is 1. The molecule has 1 aliphatic carbocycles. The minimum absolute atomic E-state index is 0.0479. The second-order valence-corrected chi connectivity index (χ2v) is 4.84. The summed E-state index contributed by atoms with van der Waals surface area (Å²) in [5, 5.41) is 40.6. The van der Waals surface area contributed by atoms with Gasteiger partial charge in [-0.2, -0.15) is 0 Å². The van der Waals surface area contributed by atoms with Gasteiger partial charge in [-0.3, -0.25) is 4.79 Å². The van der Waals surface area contributed by atoms with Crippen molar-refractivity contribution in [2.45, 2.75) is 6.92 Å². The molecule has 0 saturated carbocycles. The number of aliphatic hydroxyl groups is 1. The number of phenolic OH excluding ortho intramolecular Hbond substituents is 3. The first-order chi connectivity index (χ1) is 9.88. The number of ether oxygens (including phenoxy) is 1. The number of allylic oxidation sites excluding steroid dienone is 1. The molecule has 4 N–H and O–H groups in total. The van der Waals surface area contributed by atoms with Gasteiger partial charge in [0.15, 0.2) is 5.76 Å². The maximum atomic E-state index is 12.3. The fourth-order valence-electron chi connectivity index (χ4n) is 2.78. The highest BCUT2D eigenvalue weighted by atomic mass is 16.5. The van der Waals surface area contributed by atoms with Crippen LogP contribution in [0.4, 0.5) is 0 Å². The van der Waals surface area contributed by atoms with E-state index in [0.717, 1.165) is 6.07 Å². The second-order valence-electron chi connectivity index (χ2n) is 4.84. The van der Waals surface area contributed by atoms with Gasteiger partial charge >= 0.3 is 0 Å². The average Bonchev–Trinajstić information content (AvgIpc) is 2.37. The quantitative estimate of drug-likeness (QED) is 0.641. The molecule has 0 aliphatic heterocycles. The Morgan fingerprint density at radius 1 is 0.905 bits per heavy atom. The van der Waals surface area contributed by atoms with Gasteiger partial charge in [-0.15, -0.1) is 0 Å². The highest BCUT2D eigenvalue weighted by molar-refractivity contribution is 6.26. The molecular weight excluding hydrogens is 276 g/mol. The van der Waals surface area contributed by atoms with Crippen LogP contribution in [0.15, 0.2) is 17.9 Å². The number of hydrogen-bond donors (Lipinski definition) is 4. The summed E-state index contributed by atoms with van der Waals surface area (Å²) in [5.74, 6) is -2.57. The topological polar surface area (TPSA) is 107 Å². The van der Waals surface area contributed by atoms with E-state index in [1.165, 1.54) is 13.2 Å². The first-order valence-corrected chi connectivity index (χ1v) is 6.12. The molecule has 0 saturated heterocycles. The first-order valence-electron chi connectivity index (χ1n) is 6.12. The van der Waals surface area contributed by atoms with Crippen LogP contribution in [0, 0.1) is 6.92 Å². The van der Waals surface area contributed by atoms with Gasteiger partial charge in [-0.25, -0.2) is 0 Å². The van der Waals surface area contributed by atoms with Gasteiger partial charge < -0.3 is 25.2 Å². The van der Waals surface area contributed by atoms with Crippen LogP contribution in [0.25, 0.3) is 16.5 Å². The molecule has 21 heavy (non-hydrogen) atoms. The maximum absolute atomic E-state index is 12.3. The minimum atomic E-state index is -0.713. The van der Waals surface area contributed by atoms with Crippen LogP contribution < -0.4 is 0 Å². The van der Waals surface area contributed by atoms with E-state index in [0.29, 0.717) is 5.56 Å². The van der Waals surface area contributed by atoms with Gasteiger partial charge in [0.1, 0.15) is 17.2 Å². The lowest BCUT2D eigenvalue weighted by Crippen LogP contribution is -2.15. The van der Waals surface area contributed by atoms with Crippen LogP contribution in [0.2, 0.25) is 0 Å². The standard InChI is InChI=1S/C15H12O6/c1-5-3-6(16)10-12-9(5)7(17)4-8(18)11(12)14(20)15(21-2)13(10)19/h3-4,16-19H,1-2H3. The minimum Gasteiger partial charge on any atom is -0.507 e. The van der Waals surface area contributed by atoms with E-state index in [2.05, 4.69) is 0 Å². The predicted octanol–water partition coefficient (Wildman–Crippen LogP) is 2.33. The molecule has 1 aliphatic rings. The van der Waals surface area contributed by atoms with Crippen LogP contribution in [0.1, 0.15) is 21.5 Å². The fraction of sp³-hybridized carbons (Fsp3) is 0.133. The molecule has 6 nitrogen and oxygen atoms in total. The van der Waals surface area contributed by atoms with Crippen LogP contribution >= 0.6 is 0 Å². The Morgan fingerprint density at radius 2 is 1.52 bits per heavy atom. The monoisotopic (exact) mass is 288 g/mol. The highest BCUT2D eigenvalue weighted by Crippen LogP contribution is 2.47. The molecule has 0 amide bonds. The fourth-order valence-corrected chi connectivity index (χ4v) is 2.78. The zero-order chi connectivity index (χ0) is 15.5. The lowest BCUT2D eigenvalue weighted by Gasteiger charge is -2.22. The van der Waals surface area contributed by atoms with E-state index in [-0.39, 0.29) is 39.2 Å². The molecule has 3 rings (SSSR count). The highest BCUT2D eigenvalue weighted by Gasteiger charge is 2.34. The van der Waals surface area contributed by atoms with Crippen LogP contribution in [0.3, 0.4) is 0 Å². The van der Waals surface area contributed by atoms with Gasteiger partial charge in [-0.05, 0) is 18.6 Å². The third kappa shape index (κ3) is 1.50. The zero-order valence-electron chi connectivity index (χ0n) is 11.3. The number of ketones is 1. The number of benzene rings is 2. The summed E-state index contributed by atoms with van der Waals surface area (Å²) >= 11 is 0. The molecule has 6 heteroatoms. The van der Waals surface area contributed by atoms with E-state index in [9.17, 15) is 25.2 Å². The summed E-state index contributed by atoms with van der Waals surface area (Å²) in [5.41, 5.74) is 0.339. The molecule has 0 atom stereocenters. The Kier molecular flexibility index (Phi) is 2.53. The van der Waals surface area contributed by atoms with Gasteiger partial charge in [-0.1, -0.05) is 0 Å². The van der Waals surface area contributed by atoms with Crippen molar-refractivity contribution in [3.05, 3.63) is 34.6 Å². The van der Waals surface area contributed by atoms with Crippen molar-refractivity contribution >= 4 is 22.3 Å². The summed E-state index contributed by atoms with van der Waals surface area (Å²) in [4.78, 5) is 12.3. The van der Waals surface area contributed by atoms with Crippen LogP contribution in [-0.2, 0) is 4.74 Å². The molecule has 0 bridgehead atoms. The summed E-state index contributed by atoms with van der Waals surface area (Å²) in [6.45, 7) is 1.64. The molecular formula is C15H12O6. The number of hydrogen-bond acceptors (Lipinski definition) is 6. The largest absolute Gasteiger partial charge is 0.507 e. The molecule has 2 aromatic rings. The molecule has 0 radical (unpaired) electrons. The Balaban J connectivity index is 2.66. The molecule has 0 heterocycles. The Labute approximate surface area is 119 Å². The summed E-state index contributed by atoms with van der Waals surface area (Å²) in [7, 11) is 1.20. The molecule has 108 valence electrons. The zero-order valence-corrected chi connectivity index (χ0v) is 11.3. The molecule has 0 unspecified atom stereocenters. The Hall–Kier alpha value is -2.89. The normalized spacial score (nSPS) is 13.9. The summed E-state index contributed by atoms with van der Waals surface area (Å²) in [6, 6.07) is 2.41. The number of aliphatic hydroxyl groups excluding tert-OH is 1. The van der Waals surface area contributed by atoms with E-state index in [1.54, 1.807) is 6.92 Å². The smallest absolute Gasteiger partial charge is 0.235 e. The molecule has 0 spiro atoms. The van der Waals surface area contributed by atoms with Crippen molar-refractivity contribution < 1.29 is 30.0 Å². The van der Waals surface area contributed by atoms with Crippen molar-refractivity contribution in [1.82, 2.24) is 0 Å². The van der Waals surface area contributed by atoms with Crippen molar-refractivity contribution in [2.24, 2.45) is 0 Å². The van der Waals surface area contributed by atoms with Gasteiger partial charge in [0.25, 0.3) is 0 Å². The molecule has 0 aromatic heterocycles. The summed E-state index contributed by atoms with van der Waals surface area (Å²) < 4.78 is 4.87. The average molecular weight is 288 g/mol. The van der Waals surface area contributed by atoms with E-state index in [4.69, 9.17) is 4.74 Å². The lowest BCUT2D eigenvalue weighted by molar-refractivity contribution is 0.0947. The van der Waals surface area contributed by atoms with Crippen LogP contribution in [-0.4, -0.2) is 33.3 Å². The Morgan fingerprint density at radius 3 is 2.14 bits per heavy atom. The Bertz CT molecular complexity index is 839. The third-order valence-corrected chi connectivity index (χ3v) is 3.63. The van der Waals surface area contributed by atoms with Gasteiger partial charge in [0.05, 0.1) is 18.2 Å². The molecule has 2 aromatic carbocycles. The van der Waals surface area contributed by atoms with Gasteiger partial charge in [0.2, 0.25) is 11.5 Å².